The summed E-state index contributed by atoms with van der Waals surface area (Å²) in [5, 5.41) is 8.97. The van der Waals surface area contributed by atoms with E-state index in [0.717, 1.165) is 0 Å². The molecule has 0 aromatic heterocycles. The van der Waals surface area contributed by atoms with Crippen LogP contribution < -0.4 is 0 Å². The molecule has 0 aliphatic carbocycles. The van der Waals surface area contributed by atoms with Crippen molar-refractivity contribution in [1.29, 1.82) is 0 Å². The number of aromatic carboxylic acids is 1. The van der Waals surface area contributed by atoms with Crippen LogP contribution in [0.15, 0.2) is 35.2 Å². The van der Waals surface area contributed by atoms with Gasteiger partial charge in [0.15, 0.2) is 0 Å². The van der Waals surface area contributed by atoms with Crippen LogP contribution in [-0.2, 0) is 5.75 Å². The normalized spacial score (nSPS) is 10.7. The van der Waals surface area contributed by atoms with E-state index in [0.29, 0.717) is 10.6 Å². The van der Waals surface area contributed by atoms with E-state index >= 15 is 0 Å². The number of carboxylic acid groups (broad SMARTS) is 1. The van der Waals surface area contributed by atoms with E-state index in [4.69, 9.17) is 5.11 Å². The number of aryl methyl sites for hydroxylation is 3. The van der Waals surface area contributed by atoms with Gasteiger partial charge in [0.2, 0.25) is 0 Å². The molecule has 0 bridgehead atoms. The van der Waals surface area contributed by atoms with Crippen molar-refractivity contribution in [2.45, 2.75) is 31.4 Å². The predicted octanol–water partition coefficient (Wildman–Crippen LogP) is 4.74. The first kappa shape index (κ1) is 15.6. The maximum Gasteiger partial charge on any atom is 0.335 e. The number of rotatable bonds is 4. The number of carboxylic acids is 1. The van der Waals surface area contributed by atoms with E-state index in [1.807, 2.05) is 20.8 Å². The number of carbonyl (C=O) groups is 1. The molecular formula is C17H17FO2S. The topological polar surface area (TPSA) is 37.3 Å². The Morgan fingerprint density at radius 1 is 1.14 bits per heavy atom. The van der Waals surface area contributed by atoms with Gasteiger partial charge in [-0.1, -0.05) is 17.7 Å². The summed E-state index contributed by atoms with van der Waals surface area (Å²) in [5.41, 5.74) is 4.84. The molecule has 110 valence electrons. The van der Waals surface area contributed by atoms with Crippen LogP contribution in [0.1, 0.15) is 32.6 Å². The molecule has 0 unspecified atom stereocenters. The first-order valence-electron chi connectivity index (χ1n) is 6.61. The molecule has 4 heteroatoms. The van der Waals surface area contributed by atoms with Gasteiger partial charge < -0.3 is 5.11 Å². The van der Waals surface area contributed by atoms with Gasteiger partial charge in [-0.05, 0) is 55.7 Å². The molecule has 1 N–H and O–H groups in total. The second-order valence-electron chi connectivity index (χ2n) is 5.12. The molecular weight excluding hydrogens is 287 g/mol. The molecule has 2 aromatic rings. The van der Waals surface area contributed by atoms with Gasteiger partial charge in [0.25, 0.3) is 0 Å². The van der Waals surface area contributed by atoms with E-state index in [9.17, 15) is 9.18 Å². The van der Waals surface area contributed by atoms with E-state index in [-0.39, 0.29) is 11.4 Å². The number of thioether (sulfide) groups is 1. The second-order valence-corrected chi connectivity index (χ2v) is 6.13. The van der Waals surface area contributed by atoms with Crippen LogP contribution in [0.25, 0.3) is 0 Å². The first-order chi connectivity index (χ1) is 9.88. The van der Waals surface area contributed by atoms with Crippen molar-refractivity contribution in [3.8, 4) is 0 Å². The molecule has 2 rings (SSSR count). The summed E-state index contributed by atoms with van der Waals surface area (Å²) < 4.78 is 13.8. The molecule has 0 aliphatic heterocycles. The van der Waals surface area contributed by atoms with Crippen molar-refractivity contribution < 1.29 is 14.3 Å². The Bertz CT molecular complexity index is 672. The highest BCUT2D eigenvalue weighted by Crippen LogP contribution is 2.29. The quantitative estimate of drug-likeness (QED) is 0.829. The second kappa shape index (κ2) is 6.31. The van der Waals surface area contributed by atoms with Crippen molar-refractivity contribution in [3.63, 3.8) is 0 Å². The van der Waals surface area contributed by atoms with Crippen molar-refractivity contribution in [3.05, 3.63) is 64.0 Å². The average molecular weight is 304 g/mol. The highest BCUT2D eigenvalue weighted by Gasteiger charge is 2.11. The van der Waals surface area contributed by atoms with Crippen LogP contribution in [0, 0.1) is 26.6 Å². The molecule has 0 heterocycles. The lowest BCUT2D eigenvalue weighted by Gasteiger charge is -2.11. The largest absolute Gasteiger partial charge is 0.478 e. The van der Waals surface area contributed by atoms with E-state index in [1.54, 1.807) is 0 Å². The Morgan fingerprint density at radius 3 is 2.33 bits per heavy atom. The summed E-state index contributed by atoms with van der Waals surface area (Å²) >= 11 is 1.33. The smallest absolute Gasteiger partial charge is 0.335 e. The van der Waals surface area contributed by atoms with Gasteiger partial charge in [0.05, 0.1) is 5.56 Å². The third-order valence-corrected chi connectivity index (χ3v) is 4.45. The molecule has 0 radical (unpaired) electrons. The number of halogens is 1. The zero-order chi connectivity index (χ0) is 15.6. The fourth-order valence-electron chi connectivity index (χ4n) is 2.33. The molecule has 0 atom stereocenters. The lowest BCUT2D eigenvalue weighted by molar-refractivity contribution is 0.0696. The molecule has 0 amide bonds. The van der Waals surface area contributed by atoms with Gasteiger partial charge >= 0.3 is 5.97 Å². The van der Waals surface area contributed by atoms with Gasteiger partial charge in [0, 0.05) is 10.6 Å². The van der Waals surface area contributed by atoms with Crippen LogP contribution >= 0.6 is 11.8 Å². The maximum absolute atomic E-state index is 13.8. The Kier molecular flexibility index (Phi) is 4.68. The van der Waals surface area contributed by atoms with Crippen molar-refractivity contribution in [2.24, 2.45) is 0 Å². The fraction of sp³-hybridized carbons (Fsp3) is 0.235. The number of hydrogen-bond acceptors (Lipinski definition) is 2. The minimum Gasteiger partial charge on any atom is -0.478 e. The highest BCUT2D eigenvalue weighted by atomic mass is 32.2. The molecule has 0 saturated heterocycles. The summed E-state index contributed by atoms with van der Waals surface area (Å²) in [6.45, 7) is 6.13. The van der Waals surface area contributed by atoms with E-state index in [1.165, 1.54) is 52.2 Å². The van der Waals surface area contributed by atoms with Gasteiger partial charge in [-0.15, -0.1) is 11.8 Å². The first-order valence-corrected chi connectivity index (χ1v) is 7.59. The standard InChI is InChI=1S/C17H17FO2S/c1-10-6-11(2)14(12(3)7-10)9-21-16-8-13(17(19)20)4-5-15(16)18/h4-8H,9H2,1-3H3,(H,19,20). The molecule has 0 saturated carbocycles. The van der Waals surface area contributed by atoms with Gasteiger partial charge in [-0.2, -0.15) is 0 Å². The number of benzene rings is 2. The summed E-state index contributed by atoms with van der Waals surface area (Å²) in [4.78, 5) is 11.3. The minimum atomic E-state index is -1.04. The van der Waals surface area contributed by atoms with Crippen LogP contribution in [0.5, 0.6) is 0 Å². The SMILES string of the molecule is Cc1cc(C)c(CSc2cc(C(=O)O)ccc2F)c(C)c1. The summed E-state index contributed by atoms with van der Waals surface area (Å²) in [6.07, 6.45) is 0. The van der Waals surface area contributed by atoms with Crippen molar-refractivity contribution in [1.82, 2.24) is 0 Å². The molecule has 21 heavy (non-hydrogen) atoms. The van der Waals surface area contributed by atoms with E-state index in [2.05, 4.69) is 12.1 Å². The van der Waals surface area contributed by atoms with Crippen LogP contribution in [0.3, 0.4) is 0 Å². The lowest BCUT2D eigenvalue weighted by atomic mass is 10.0. The van der Waals surface area contributed by atoms with Gasteiger partial charge in [-0.25, -0.2) is 9.18 Å². The Morgan fingerprint density at radius 2 is 1.76 bits per heavy atom. The zero-order valence-corrected chi connectivity index (χ0v) is 13.1. The van der Waals surface area contributed by atoms with E-state index < -0.39 is 5.97 Å². The third kappa shape index (κ3) is 3.64. The van der Waals surface area contributed by atoms with Crippen molar-refractivity contribution >= 4 is 17.7 Å². The lowest BCUT2D eigenvalue weighted by Crippen LogP contribution is -1.98. The zero-order valence-electron chi connectivity index (χ0n) is 12.2. The summed E-state index contributed by atoms with van der Waals surface area (Å²) in [5.74, 6) is -0.801. The molecule has 2 nitrogen and oxygen atoms in total. The molecule has 0 fully saturated rings. The van der Waals surface area contributed by atoms with Crippen molar-refractivity contribution in [2.75, 3.05) is 0 Å². The Hall–Kier alpha value is -1.81. The average Bonchev–Trinajstić information content (AvgIpc) is 2.39. The highest BCUT2D eigenvalue weighted by molar-refractivity contribution is 7.98. The molecule has 2 aromatic carbocycles. The Balaban J connectivity index is 2.24. The monoisotopic (exact) mass is 304 g/mol. The summed E-state index contributed by atoms with van der Waals surface area (Å²) in [7, 11) is 0. The molecule has 0 spiro atoms. The van der Waals surface area contributed by atoms with Gasteiger partial charge in [-0.3, -0.25) is 0 Å². The Labute approximate surface area is 128 Å². The van der Waals surface area contributed by atoms with Crippen LogP contribution in [0.4, 0.5) is 4.39 Å². The fourth-order valence-corrected chi connectivity index (χ4v) is 3.51. The minimum absolute atomic E-state index is 0.108. The summed E-state index contributed by atoms with van der Waals surface area (Å²) in [6, 6.07) is 8.09. The maximum atomic E-state index is 13.8. The van der Waals surface area contributed by atoms with Crippen LogP contribution in [-0.4, -0.2) is 11.1 Å². The number of hydrogen-bond donors (Lipinski definition) is 1. The van der Waals surface area contributed by atoms with Gasteiger partial charge in [0.1, 0.15) is 5.82 Å². The third-order valence-electron chi connectivity index (χ3n) is 3.39. The van der Waals surface area contributed by atoms with Crippen LogP contribution in [0.2, 0.25) is 0 Å². The predicted molar refractivity (Wildman–Crippen MR) is 83.6 cm³/mol. The molecule has 0 aliphatic rings.